The third-order valence-electron chi connectivity index (χ3n) is 7.01. The van der Waals surface area contributed by atoms with Gasteiger partial charge in [0.05, 0.1) is 19.8 Å². The van der Waals surface area contributed by atoms with Crippen LogP contribution in [0.3, 0.4) is 0 Å². The summed E-state index contributed by atoms with van der Waals surface area (Å²) in [6, 6.07) is 21.5. The Kier molecular flexibility index (Phi) is 9.48. The quantitative estimate of drug-likeness (QED) is 0.244. The van der Waals surface area contributed by atoms with Crippen LogP contribution in [0.1, 0.15) is 40.9 Å². The number of nitrogens with zero attached hydrogens (tertiary/aromatic N) is 2. The van der Waals surface area contributed by atoms with Crippen LogP contribution < -0.4 is 9.47 Å². The third-order valence-corrected chi connectivity index (χ3v) is 7.01. The average molecular weight is 542 g/mol. The molecule has 1 aromatic heterocycles. The molecule has 0 aliphatic carbocycles. The fourth-order valence-electron chi connectivity index (χ4n) is 4.87. The number of aromatic nitrogens is 1. The molecule has 2 amide bonds. The van der Waals surface area contributed by atoms with E-state index in [1.807, 2.05) is 44.0 Å². The summed E-state index contributed by atoms with van der Waals surface area (Å²) in [7, 11) is 3.09. The smallest absolute Gasteiger partial charge is 0.258 e. The fourth-order valence-corrected chi connectivity index (χ4v) is 4.87. The van der Waals surface area contributed by atoms with E-state index in [1.54, 1.807) is 30.2 Å². The van der Waals surface area contributed by atoms with Gasteiger partial charge in [-0.1, -0.05) is 61.9 Å². The number of rotatable bonds is 12. The number of nitrogens with one attached hydrogen (secondary N) is 1. The second-order valence-corrected chi connectivity index (χ2v) is 10.6. The topological polar surface area (TPSA) is 74.9 Å². The van der Waals surface area contributed by atoms with E-state index >= 15 is 0 Å². The first-order valence-corrected chi connectivity index (χ1v) is 13.7. The zero-order valence-electron chi connectivity index (χ0n) is 24.1. The standard InChI is InChI=1S/C33H39N3O4/c1-23(2)20-36(33(38)29-15-14-27(39-4)18-31(29)40-5)22-32(37)35(21-25-12-10-24(3)11-13-25)17-16-26-19-34-30-9-7-6-8-28(26)30/h6-15,18-19,23,34H,16-17,20-22H2,1-5H3. The molecule has 0 fully saturated rings. The molecular formula is C33H39N3O4. The van der Waals surface area contributed by atoms with Gasteiger partial charge in [0.2, 0.25) is 5.91 Å². The Morgan fingerprint density at radius 2 is 1.68 bits per heavy atom. The summed E-state index contributed by atoms with van der Waals surface area (Å²) in [6.45, 7) is 7.55. The monoisotopic (exact) mass is 541 g/mol. The van der Waals surface area contributed by atoms with E-state index in [0.29, 0.717) is 43.1 Å². The zero-order chi connectivity index (χ0) is 28.6. The van der Waals surface area contributed by atoms with Crippen molar-refractivity contribution < 1.29 is 19.1 Å². The van der Waals surface area contributed by atoms with Crippen molar-refractivity contribution in [3.8, 4) is 11.5 Å². The maximum atomic E-state index is 13.9. The Morgan fingerprint density at radius 1 is 0.925 bits per heavy atom. The van der Waals surface area contributed by atoms with E-state index in [2.05, 4.69) is 41.4 Å². The summed E-state index contributed by atoms with van der Waals surface area (Å²) in [5.74, 6) is 0.857. The minimum atomic E-state index is -0.242. The largest absolute Gasteiger partial charge is 0.497 e. The lowest BCUT2D eigenvalue weighted by atomic mass is 10.1. The van der Waals surface area contributed by atoms with Crippen molar-refractivity contribution in [2.45, 2.75) is 33.7 Å². The Balaban J connectivity index is 1.58. The molecule has 210 valence electrons. The van der Waals surface area contributed by atoms with E-state index in [1.165, 1.54) is 12.7 Å². The summed E-state index contributed by atoms with van der Waals surface area (Å²) in [5, 5.41) is 1.16. The molecule has 0 aliphatic heterocycles. The number of carbonyl (C=O) groups is 2. The van der Waals surface area contributed by atoms with Crippen LogP contribution in [-0.4, -0.2) is 60.5 Å². The number of aryl methyl sites for hydroxylation is 1. The van der Waals surface area contributed by atoms with Crippen LogP contribution >= 0.6 is 0 Å². The van der Waals surface area contributed by atoms with Gasteiger partial charge >= 0.3 is 0 Å². The maximum Gasteiger partial charge on any atom is 0.258 e. The highest BCUT2D eigenvalue weighted by Crippen LogP contribution is 2.26. The lowest BCUT2D eigenvalue weighted by molar-refractivity contribution is -0.132. The molecule has 40 heavy (non-hydrogen) atoms. The van der Waals surface area contributed by atoms with Gasteiger partial charge in [-0.3, -0.25) is 9.59 Å². The molecule has 0 atom stereocenters. The predicted molar refractivity (Wildman–Crippen MR) is 159 cm³/mol. The molecule has 3 aromatic carbocycles. The summed E-state index contributed by atoms with van der Waals surface area (Å²) < 4.78 is 10.8. The second-order valence-electron chi connectivity index (χ2n) is 10.6. The summed E-state index contributed by atoms with van der Waals surface area (Å²) >= 11 is 0. The fraction of sp³-hybridized carbons (Fsp3) is 0.333. The molecule has 0 saturated carbocycles. The van der Waals surface area contributed by atoms with Gasteiger partial charge < -0.3 is 24.3 Å². The Bertz CT molecular complexity index is 1440. The number of carbonyl (C=O) groups excluding carboxylic acids is 2. The number of benzene rings is 3. The van der Waals surface area contributed by atoms with Gasteiger partial charge in [0.15, 0.2) is 0 Å². The molecule has 0 unspecified atom stereocenters. The van der Waals surface area contributed by atoms with Crippen LogP contribution in [0.4, 0.5) is 0 Å². The SMILES string of the molecule is COc1ccc(C(=O)N(CC(=O)N(CCc2c[nH]c3ccccc23)Cc2ccc(C)cc2)CC(C)C)c(OC)c1. The molecule has 1 heterocycles. The summed E-state index contributed by atoms with van der Waals surface area (Å²) in [4.78, 5) is 34.4. The van der Waals surface area contributed by atoms with Crippen molar-refractivity contribution in [3.63, 3.8) is 0 Å². The maximum absolute atomic E-state index is 13.9. The molecule has 0 spiro atoms. The predicted octanol–water partition coefficient (Wildman–Crippen LogP) is 5.86. The molecule has 1 N–H and O–H groups in total. The minimum absolute atomic E-state index is 0.0219. The number of fused-ring (bicyclic) bond motifs is 1. The molecule has 0 saturated heterocycles. The molecule has 7 heteroatoms. The minimum Gasteiger partial charge on any atom is -0.497 e. The Labute approximate surface area is 236 Å². The number of para-hydroxylation sites is 1. The second kappa shape index (κ2) is 13.2. The van der Waals surface area contributed by atoms with Crippen molar-refractivity contribution in [3.05, 3.63) is 95.2 Å². The van der Waals surface area contributed by atoms with Crippen LogP contribution in [0.15, 0.2) is 72.9 Å². The highest BCUT2D eigenvalue weighted by molar-refractivity contribution is 5.99. The Hall–Kier alpha value is -4.26. The van der Waals surface area contributed by atoms with Crippen molar-refractivity contribution >= 4 is 22.7 Å². The van der Waals surface area contributed by atoms with E-state index < -0.39 is 0 Å². The number of hydrogen-bond donors (Lipinski definition) is 1. The highest BCUT2D eigenvalue weighted by Gasteiger charge is 2.26. The van der Waals surface area contributed by atoms with Crippen LogP contribution in [0, 0.1) is 12.8 Å². The first-order valence-electron chi connectivity index (χ1n) is 13.7. The number of ether oxygens (including phenoxy) is 2. The van der Waals surface area contributed by atoms with Crippen molar-refractivity contribution in [1.82, 2.24) is 14.8 Å². The normalized spacial score (nSPS) is 11.1. The van der Waals surface area contributed by atoms with Crippen molar-refractivity contribution in [2.24, 2.45) is 5.92 Å². The first kappa shape index (κ1) is 28.7. The number of amides is 2. The number of methoxy groups -OCH3 is 2. The van der Waals surface area contributed by atoms with Crippen molar-refractivity contribution in [2.75, 3.05) is 33.9 Å². The average Bonchev–Trinajstić information content (AvgIpc) is 3.37. The molecule has 0 bridgehead atoms. The van der Waals surface area contributed by atoms with Gasteiger partial charge in [0.1, 0.15) is 18.0 Å². The zero-order valence-corrected chi connectivity index (χ0v) is 24.1. The molecular weight excluding hydrogens is 502 g/mol. The Morgan fingerprint density at radius 3 is 2.38 bits per heavy atom. The van der Waals surface area contributed by atoms with E-state index in [9.17, 15) is 9.59 Å². The van der Waals surface area contributed by atoms with Crippen LogP contribution in [0.2, 0.25) is 0 Å². The van der Waals surface area contributed by atoms with Crippen LogP contribution in [0.5, 0.6) is 11.5 Å². The molecule has 4 aromatic rings. The molecule has 4 rings (SSSR count). The van der Waals surface area contributed by atoms with Crippen LogP contribution in [0.25, 0.3) is 10.9 Å². The molecule has 0 aliphatic rings. The number of H-pyrrole nitrogens is 1. The van der Waals surface area contributed by atoms with E-state index in [4.69, 9.17) is 9.47 Å². The van der Waals surface area contributed by atoms with E-state index in [-0.39, 0.29) is 24.3 Å². The van der Waals surface area contributed by atoms with Gasteiger partial charge in [-0.25, -0.2) is 0 Å². The number of aromatic amines is 1. The summed E-state index contributed by atoms with van der Waals surface area (Å²) in [5.41, 5.74) is 4.87. The van der Waals surface area contributed by atoms with Gasteiger partial charge in [0.25, 0.3) is 5.91 Å². The molecule has 7 nitrogen and oxygen atoms in total. The van der Waals surface area contributed by atoms with Gasteiger partial charge in [0, 0.05) is 42.8 Å². The highest BCUT2D eigenvalue weighted by atomic mass is 16.5. The van der Waals surface area contributed by atoms with E-state index in [0.717, 1.165) is 22.0 Å². The van der Waals surface area contributed by atoms with Gasteiger partial charge in [-0.15, -0.1) is 0 Å². The molecule has 0 radical (unpaired) electrons. The lowest BCUT2D eigenvalue weighted by Gasteiger charge is -2.29. The number of hydrogen-bond acceptors (Lipinski definition) is 4. The van der Waals surface area contributed by atoms with Crippen molar-refractivity contribution in [1.29, 1.82) is 0 Å². The third kappa shape index (κ3) is 7.03. The summed E-state index contributed by atoms with van der Waals surface area (Å²) in [6.07, 6.45) is 2.72. The lowest BCUT2D eigenvalue weighted by Crippen LogP contribution is -2.44. The first-order chi connectivity index (χ1) is 19.3. The van der Waals surface area contributed by atoms with Gasteiger partial charge in [-0.05, 0) is 48.6 Å². The van der Waals surface area contributed by atoms with Gasteiger partial charge in [-0.2, -0.15) is 0 Å². The van der Waals surface area contributed by atoms with Crippen LogP contribution in [-0.2, 0) is 17.8 Å².